The lowest BCUT2D eigenvalue weighted by atomic mass is 9.97. The average Bonchev–Trinajstić information content (AvgIpc) is 3.34. The van der Waals surface area contributed by atoms with Gasteiger partial charge in [0.15, 0.2) is 24.5 Å². The average molecular weight is 401 g/mol. The first-order valence-corrected chi connectivity index (χ1v) is 8.03. The Labute approximate surface area is 167 Å². The first kappa shape index (κ1) is 16.1. The van der Waals surface area contributed by atoms with Crippen LogP contribution in [0.5, 0.6) is 0 Å². The highest BCUT2D eigenvalue weighted by Crippen LogP contribution is 2.34. The highest BCUT2D eigenvalue weighted by Gasteiger charge is 2.52. The van der Waals surface area contributed by atoms with E-state index in [1.54, 1.807) is 24.5 Å². The summed E-state index contributed by atoms with van der Waals surface area (Å²) in [6.07, 6.45) is -3.64. The molecule has 5 atom stereocenters. The Hall–Kier alpha value is -2.88. The van der Waals surface area contributed by atoms with E-state index >= 15 is 0 Å². The predicted octanol–water partition coefficient (Wildman–Crippen LogP) is 0.744. The molecule has 0 bridgehead atoms. The highest BCUT2D eigenvalue weighted by molar-refractivity contribution is 5.68. The normalized spacial score (nSPS) is 28.6. The Morgan fingerprint density at radius 1 is 0.857 bits per heavy atom. The molecule has 0 amide bonds. The summed E-state index contributed by atoms with van der Waals surface area (Å²) in [5.74, 6) is -3.91. The maximum Gasteiger partial charge on any atom is 0.303 e. The quantitative estimate of drug-likeness (QED) is 0.502. The monoisotopic (exact) mass is 401 g/mol. The summed E-state index contributed by atoms with van der Waals surface area (Å²) < 4.78 is 56.8. The van der Waals surface area contributed by atoms with E-state index in [1.807, 2.05) is 0 Å². The number of aromatic nitrogens is 1. The van der Waals surface area contributed by atoms with Crippen LogP contribution in [0, 0.1) is 0 Å². The fraction of sp³-hybridized carbons (Fsp3) is 0.556. The molecule has 0 N–H and O–H groups in total. The molecule has 1 aromatic rings. The number of hydrogen-bond donors (Lipinski definition) is 0. The Kier molecular flexibility index (Phi) is 5.38. The van der Waals surface area contributed by atoms with Crippen LogP contribution in [0.2, 0.25) is 0 Å². The fourth-order valence-electron chi connectivity index (χ4n) is 2.82. The minimum atomic E-state index is -1.50. The van der Waals surface area contributed by atoms with Gasteiger partial charge in [-0.05, 0) is 12.1 Å². The minimum absolute atomic E-state index is 0.501. The molecule has 0 aliphatic carbocycles. The second-order valence-electron chi connectivity index (χ2n) is 5.74. The lowest BCUT2D eigenvalue weighted by Crippen LogP contribution is -2.60. The topological polar surface area (TPSA) is 119 Å². The molecule has 154 valence electrons. The van der Waals surface area contributed by atoms with Gasteiger partial charge in [-0.1, -0.05) is 0 Å². The molecule has 0 saturated carbocycles. The molecule has 0 aromatic carbocycles. The van der Waals surface area contributed by atoms with Crippen molar-refractivity contribution in [3.8, 4) is 0 Å². The second kappa shape index (κ2) is 9.36. The molecule has 2 heterocycles. The molecule has 0 radical (unpaired) electrons. The van der Waals surface area contributed by atoms with Gasteiger partial charge in [0, 0.05) is 45.5 Å². The first-order chi connectivity index (χ1) is 15.3. The molecule has 1 aliphatic rings. The van der Waals surface area contributed by atoms with Gasteiger partial charge in [0.2, 0.25) is 0 Å². The third-order valence-corrected chi connectivity index (χ3v) is 3.74. The van der Waals surface area contributed by atoms with Gasteiger partial charge in [0.25, 0.3) is 0 Å². The molecule has 1 aromatic heterocycles. The van der Waals surface area contributed by atoms with Gasteiger partial charge in [-0.15, -0.1) is 0 Å². The summed E-state index contributed by atoms with van der Waals surface area (Å²) in [6.45, 7) is -3.50. The number of carbonyl (C=O) groups excluding carboxylic acids is 4. The van der Waals surface area contributed by atoms with Crippen molar-refractivity contribution in [3.05, 3.63) is 24.5 Å². The Balaban J connectivity index is 2.49. The van der Waals surface area contributed by atoms with E-state index in [-0.39, 0.29) is 0 Å². The number of rotatable bonds is 6. The smallest absolute Gasteiger partial charge is 0.303 e. The van der Waals surface area contributed by atoms with Crippen LogP contribution in [0.3, 0.4) is 0 Å². The van der Waals surface area contributed by atoms with Crippen molar-refractivity contribution >= 4 is 23.9 Å². The standard InChI is InChI=1S/C18H23NO9/c1-10(20)24-9-14-15(25-11(2)21)16(26-12(3)22)17(27-13(4)23)18(28-14)19-7-5-6-8-19/h5-8,14-18H,9H2,1-4H3/t14-,15-,16+,17-,18?/m1/s1/i1D,2D,3D,4D. The molecule has 1 unspecified atom stereocenters. The summed E-state index contributed by atoms with van der Waals surface area (Å²) in [4.78, 5) is 47.3. The fourth-order valence-corrected chi connectivity index (χ4v) is 2.82. The van der Waals surface area contributed by atoms with Crippen molar-refractivity contribution in [1.29, 1.82) is 0 Å². The van der Waals surface area contributed by atoms with Gasteiger partial charge in [-0.2, -0.15) is 0 Å². The van der Waals surface area contributed by atoms with Crippen molar-refractivity contribution in [2.24, 2.45) is 0 Å². The molecule has 28 heavy (non-hydrogen) atoms. The highest BCUT2D eigenvalue weighted by atomic mass is 16.7. The van der Waals surface area contributed by atoms with Crippen molar-refractivity contribution < 1.29 is 48.3 Å². The van der Waals surface area contributed by atoms with Crippen LogP contribution in [-0.2, 0) is 42.9 Å². The van der Waals surface area contributed by atoms with E-state index in [0.29, 0.717) is 0 Å². The summed E-state index contributed by atoms with van der Waals surface area (Å²) in [7, 11) is 0. The van der Waals surface area contributed by atoms with Crippen LogP contribution in [0.4, 0.5) is 0 Å². The summed E-state index contributed by atoms with van der Waals surface area (Å²) in [5.41, 5.74) is 0. The van der Waals surface area contributed by atoms with Gasteiger partial charge in [-0.25, -0.2) is 0 Å². The summed E-state index contributed by atoms with van der Waals surface area (Å²) in [5, 5.41) is 0. The van der Waals surface area contributed by atoms with Gasteiger partial charge < -0.3 is 28.3 Å². The van der Waals surface area contributed by atoms with Gasteiger partial charge in [0.05, 0.1) is 0 Å². The molecular formula is C18H23NO9. The second-order valence-corrected chi connectivity index (χ2v) is 5.74. The van der Waals surface area contributed by atoms with Crippen LogP contribution < -0.4 is 0 Å². The Morgan fingerprint density at radius 3 is 1.96 bits per heavy atom. The molecule has 1 aliphatic heterocycles. The van der Waals surface area contributed by atoms with Crippen LogP contribution >= 0.6 is 0 Å². The lowest BCUT2D eigenvalue weighted by molar-refractivity contribution is -0.268. The Bertz CT molecular complexity index is 791. The van der Waals surface area contributed by atoms with E-state index in [9.17, 15) is 19.2 Å². The van der Waals surface area contributed by atoms with Crippen LogP contribution in [0.25, 0.3) is 0 Å². The maximum absolute atomic E-state index is 12.0. The number of hydrogen-bond acceptors (Lipinski definition) is 9. The third-order valence-electron chi connectivity index (χ3n) is 3.74. The predicted molar refractivity (Wildman–Crippen MR) is 91.6 cm³/mol. The molecule has 10 nitrogen and oxygen atoms in total. The molecule has 0 spiro atoms. The van der Waals surface area contributed by atoms with E-state index in [2.05, 4.69) is 0 Å². The van der Waals surface area contributed by atoms with Crippen molar-refractivity contribution in [2.45, 2.75) is 58.2 Å². The maximum atomic E-state index is 12.0. The molecule has 2 rings (SSSR count). The Morgan fingerprint density at radius 2 is 1.39 bits per heavy atom. The molecule has 1 fully saturated rings. The van der Waals surface area contributed by atoms with E-state index < -0.39 is 88.7 Å². The van der Waals surface area contributed by atoms with E-state index in [4.69, 9.17) is 29.2 Å². The van der Waals surface area contributed by atoms with Crippen molar-refractivity contribution in [1.82, 2.24) is 4.57 Å². The van der Waals surface area contributed by atoms with Gasteiger partial charge in [-0.3, -0.25) is 19.2 Å². The van der Waals surface area contributed by atoms with E-state index in [1.165, 1.54) is 4.57 Å². The summed E-state index contributed by atoms with van der Waals surface area (Å²) in [6, 6.07) is 3.28. The molecule has 1 saturated heterocycles. The largest absolute Gasteiger partial charge is 0.463 e. The van der Waals surface area contributed by atoms with Crippen LogP contribution in [-0.4, -0.2) is 59.5 Å². The van der Waals surface area contributed by atoms with Gasteiger partial charge >= 0.3 is 23.9 Å². The number of carbonyl (C=O) groups is 4. The third kappa shape index (κ3) is 5.56. The van der Waals surface area contributed by atoms with Crippen LogP contribution in [0.1, 0.15) is 39.3 Å². The minimum Gasteiger partial charge on any atom is -0.463 e. The van der Waals surface area contributed by atoms with E-state index in [0.717, 1.165) is 0 Å². The van der Waals surface area contributed by atoms with Crippen molar-refractivity contribution in [3.63, 3.8) is 0 Å². The number of ether oxygens (including phenoxy) is 5. The molecule has 10 heteroatoms. The van der Waals surface area contributed by atoms with Crippen LogP contribution in [0.15, 0.2) is 24.5 Å². The lowest BCUT2D eigenvalue weighted by Gasteiger charge is -2.44. The zero-order valence-corrected chi connectivity index (χ0v) is 14.9. The number of esters is 4. The summed E-state index contributed by atoms with van der Waals surface area (Å²) >= 11 is 0. The first-order valence-electron chi connectivity index (χ1n) is 10.9. The molecular weight excluding hydrogens is 374 g/mol. The number of nitrogens with zero attached hydrogens (tertiary/aromatic N) is 1. The zero-order valence-electron chi connectivity index (χ0n) is 18.9. The van der Waals surface area contributed by atoms with Crippen molar-refractivity contribution in [2.75, 3.05) is 6.61 Å². The van der Waals surface area contributed by atoms with Gasteiger partial charge in [0.1, 0.15) is 12.7 Å². The SMILES string of the molecule is [2H]CC(=O)OC[C@H]1OC(n2cccc2)[C@H](OC(=O)C[2H])[C@@H](OC(=O)C[2H])[C@@H]1OC(=O)C[2H]. The zero-order chi connectivity index (χ0) is 23.7.